The standard InChI is InChI=1S/C20H25N3O4S/c1-3-23-13-15-7-5-4-6-14(15)10-16(23)12-22-20(24)18-11-17(28(21,25)26)8-9-19(18)27-2/h4-9,11,16H,3,10,12-13H2,1-2H3,(H,22,24)(H2,21,25,26)/t16-/m0/s1. The lowest BCUT2D eigenvalue weighted by molar-refractivity contribution is 0.0924. The van der Waals surface area contributed by atoms with E-state index in [1.165, 1.54) is 36.4 Å². The van der Waals surface area contributed by atoms with Crippen LogP contribution in [0, 0.1) is 0 Å². The van der Waals surface area contributed by atoms with Gasteiger partial charge in [-0.2, -0.15) is 0 Å². The van der Waals surface area contributed by atoms with Crippen molar-refractivity contribution in [2.75, 3.05) is 20.2 Å². The van der Waals surface area contributed by atoms with Crippen molar-refractivity contribution in [3.63, 3.8) is 0 Å². The second-order valence-corrected chi connectivity index (χ2v) is 8.37. The first-order valence-corrected chi connectivity index (χ1v) is 10.7. The number of ether oxygens (including phenoxy) is 1. The molecule has 8 heteroatoms. The molecular formula is C20H25N3O4S. The largest absolute Gasteiger partial charge is 0.496 e. The minimum absolute atomic E-state index is 0.125. The van der Waals surface area contributed by atoms with E-state index in [0.717, 1.165) is 19.5 Å². The Kier molecular flexibility index (Phi) is 6.02. The number of carbonyl (C=O) groups is 1. The Bertz CT molecular complexity index is 975. The highest BCUT2D eigenvalue weighted by Gasteiger charge is 2.26. The van der Waals surface area contributed by atoms with E-state index in [9.17, 15) is 13.2 Å². The highest BCUT2D eigenvalue weighted by atomic mass is 32.2. The quantitative estimate of drug-likeness (QED) is 0.761. The predicted octanol–water partition coefficient (Wildman–Crippen LogP) is 1.52. The first kappa shape index (κ1) is 20.3. The third-order valence-electron chi connectivity index (χ3n) is 5.11. The van der Waals surface area contributed by atoms with Crippen LogP contribution in [0.2, 0.25) is 0 Å². The van der Waals surface area contributed by atoms with Gasteiger partial charge in [0.05, 0.1) is 17.6 Å². The van der Waals surface area contributed by atoms with Crippen LogP contribution >= 0.6 is 0 Å². The number of nitrogens with zero attached hydrogens (tertiary/aromatic N) is 1. The number of nitrogens with one attached hydrogen (secondary N) is 1. The molecule has 7 nitrogen and oxygen atoms in total. The summed E-state index contributed by atoms with van der Waals surface area (Å²) < 4.78 is 28.4. The number of likely N-dealkylation sites (N-methyl/N-ethyl adjacent to an activating group) is 1. The Morgan fingerprint density at radius 1 is 1.25 bits per heavy atom. The van der Waals surface area contributed by atoms with E-state index in [-0.39, 0.29) is 16.5 Å². The number of hydrogen-bond acceptors (Lipinski definition) is 5. The summed E-state index contributed by atoms with van der Waals surface area (Å²) in [6, 6.07) is 12.5. The molecule has 1 aliphatic rings. The van der Waals surface area contributed by atoms with Crippen LogP contribution in [0.3, 0.4) is 0 Å². The van der Waals surface area contributed by atoms with Crippen LogP contribution in [0.1, 0.15) is 28.4 Å². The number of methoxy groups -OCH3 is 1. The van der Waals surface area contributed by atoms with Gasteiger partial charge < -0.3 is 10.1 Å². The van der Waals surface area contributed by atoms with Gasteiger partial charge in [0.1, 0.15) is 5.75 Å². The Labute approximate surface area is 165 Å². The molecule has 0 unspecified atom stereocenters. The molecule has 1 heterocycles. The molecule has 28 heavy (non-hydrogen) atoms. The molecule has 0 saturated carbocycles. The minimum Gasteiger partial charge on any atom is -0.496 e. The molecule has 0 fully saturated rings. The predicted molar refractivity (Wildman–Crippen MR) is 107 cm³/mol. The van der Waals surface area contributed by atoms with Crippen LogP contribution in [0.15, 0.2) is 47.4 Å². The van der Waals surface area contributed by atoms with Crippen molar-refractivity contribution in [2.45, 2.75) is 30.8 Å². The number of hydrogen-bond donors (Lipinski definition) is 2. The van der Waals surface area contributed by atoms with Gasteiger partial charge in [0.15, 0.2) is 0 Å². The van der Waals surface area contributed by atoms with Crippen LogP contribution in [-0.2, 0) is 23.0 Å². The van der Waals surface area contributed by atoms with Gasteiger partial charge in [-0.25, -0.2) is 13.6 Å². The maximum absolute atomic E-state index is 12.7. The Balaban J connectivity index is 1.77. The van der Waals surface area contributed by atoms with Gasteiger partial charge in [-0.05, 0) is 42.3 Å². The van der Waals surface area contributed by atoms with Gasteiger partial charge in [0.25, 0.3) is 5.91 Å². The van der Waals surface area contributed by atoms with Crippen LogP contribution in [-0.4, -0.2) is 45.5 Å². The molecular weight excluding hydrogens is 378 g/mol. The zero-order valence-corrected chi connectivity index (χ0v) is 16.8. The summed E-state index contributed by atoms with van der Waals surface area (Å²) in [7, 11) is -2.48. The fourth-order valence-electron chi connectivity index (χ4n) is 3.56. The maximum Gasteiger partial charge on any atom is 0.255 e. The molecule has 0 radical (unpaired) electrons. The highest BCUT2D eigenvalue weighted by molar-refractivity contribution is 7.89. The molecule has 3 N–H and O–H groups in total. The highest BCUT2D eigenvalue weighted by Crippen LogP contribution is 2.24. The van der Waals surface area contributed by atoms with Gasteiger partial charge >= 0.3 is 0 Å². The summed E-state index contributed by atoms with van der Waals surface area (Å²) in [4.78, 5) is 14.9. The summed E-state index contributed by atoms with van der Waals surface area (Å²) in [5.74, 6) is -0.0940. The molecule has 2 aromatic carbocycles. The zero-order chi connectivity index (χ0) is 20.3. The zero-order valence-electron chi connectivity index (χ0n) is 16.0. The molecule has 0 saturated heterocycles. The van der Waals surface area contributed by atoms with Crippen molar-refractivity contribution in [3.05, 3.63) is 59.2 Å². The fraction of sp³-hybridized carbons (Fsp3) is 0.350. The van der Waals surface area contributed by atoms with E-state index in [1.54, 1.807) is 0 Å². The van der Waals surface area contributed by atoms with E-state index >= 15 is 0 Å². The summed E-state index contributed by atoms with van der Waals surface area (Å²) in [5, 5.41) is 8.10. The number of rotatable bonds is 6. The molecule has 1 atom stereocenters. The maximum atomic E-state index is 12.7. The lowest BCUT2D eigenvalue weighted by Crippen LogP contribution is -2.47. The topological polar surface area (TPSA) is 102 Å². The monoisotopic (exact) mass is 403 g/mol. The van der Waals surface area contributed by atoms with Crippen molar-refractivity contribution in [3.8, 4) is 5.75 Å². The van der Waals surface area contributed by atoms with Gasteiger partial charge in [-0.1, -0.05) is 31.2 Å². The molecule has 150 valence electrons. The first-order valence-electron chi connectivity index (χ1n) is 9.13. The van der Waals surface area contributed by atoms with Crippen molar-refractivity contribution in [2.24, 2.45) is 5.14 Å². The molecule has 1 amide bonds. The lowest BCUT2D eigenvalue weighted by atomic mass is 9.94. The van der Waals surface area contributed by atoms with E-state index in [1.807, 2.05) is 12.1 Å². The van der Waals surface area contributed by atoms with Gasteiger partial charge in [-0.15, -0.1) is 0 Å². The number of fused-ring (bicyclic) bond motifs is 1. The summed E-state index contributed by atoms with van der Waals surface area (Å²) in [5.41, 5.74) is 2.75. The van der Waals surface area contributed by atoms with Crippen LogP contribution in [0.25, 0.3) is 0 Å². The van der Waals surface area contributed by atoms with Gasteiger partial charge in [-0.3, -0.25) is 9.69 Å². The molecule has 1 aliphatic heterocycles. The Hall–Kier alpha value is -2.42. The average Bonchev–Trinajstić information content (AvgIpc) is 2.69. The third kappa shape index (κ3) is 4.35. The third-order valence-corrected chi connectivity index (χ3v) is 6.02. The van der Waals surface area contributed by atoms with Crippen LogP contribution in [0.4, 0.5) is 0 Å². The van der Waals surface area contributed by atoms with E-state index in [0.29, 0.717) is 12.3 Å². The van der Waals surface area contributed by atoms with Crippen LogP contribution < -0.4 is 15.2 Å². The Morgan fingerprint density at radius 2 is 1.96 bits per heavy atom. The number of nitrogens with two attached hydrogens (primary N) is 1. The number of amides is 1. The molecule has 0 spiro atoms. The molecule has 0 aliphatic carbocycles. The van der Waals surface area contributed by atoms with Gasteiger partial charge in [0, 0.05) is 19.1 Å². The summed E-state index contributed by atoms with van der Waals surface area (Å²) >= 11 is 0. The normalized spacial score (nSPS) is 17.0. The second-order valence-electron chi connectivity index (χ2n) is 6.81. The fourth-order valence-corrected chi connectivity index (χ4v) is 4.10. The van der Waals surface area contributed by atoms with Crippen molar-refractivity contribution < 1.29 is 17.9 Å². The molecule has 3 rings (SSSR count). The van der Waals surface area contributed by atoms with Gasteiger partial charge in [0.2, 0.25) is 10.0 Å². The molecule has 0 bridgehead atoms. The van der Waals surface area contributed by atoms with Crippen molar-refractivity contribution in [1.29, 1.82) is 0 Å². The summed E-state index contributed by atoms with van der Waals surface area (Å²) in [6.07, 6.45) is 0.846. The van der Waals surface area contributed by atoms with E-state index < -0.39 is 15.9 Å². The average molecular weight is 404 g/mol. The first-order chi connectivity index (χ1) is 13.3. The Morgan fingerprint density at radius 3 is 2.61 bits per heavy atom. The summed E-state index contributed by atoms with van der Waals surface area (Å²) in [6.45, 7) is 4.27. The van der Waals surface area contributed by atoms with Crippen molar-refractivity contribution >= 4 is 15.9 Å². The number of sulfonamides is 1. The van der Waals surface area contributed by atoms with Crippen LogP contribution in [0.5, 0.6) is 5.75 Å². The van der Waals surface area contributed by atoms with E-state index in [4.69, 9.17) is 9.88 Å². The number of primary sulfonamides is 1. The van der Waals surface area contributed by atoms with Crippen molar-refractivity contribution in [1.82, 2.24) is 10.2 Å². The number of benzene rings is 2. The molecule has 2 aromatic rings. The molecule has 0 aromatic heterocycles. The minimum atomic E-state index is -3.91. The number of carbonyl (C=O) groups excluding carboxylic acids is 1. The smallest absolute Gasteiger partial charge is 0.255 e. The lowest BCUT2D eigenvalue weighted by Gasteiger charge is -2.36. The van der Waals surface area contributed by atoms with E-state index in [2.05, 4.69) is 29.3 Å². The SMILES string of the molecule is CCN1Cc2ccccc2C[C@H]1CNC(=O)c1cc(S(N)(=O)=O)ccc1OC. The second kappa shape index (κ2) is 8.30.